The Balaban J connectivity index is 0.000000151. The molecule has 0 N–H and O–H groups in total. The van der Waals surface area contributed by atoms with Crippen LogP contribution in [-0.4, -0.2) is 29.9 Å². The molecule has 0 saturated carbocycles. The molecule has 0 aliphatic heterocycles. The van der Waals surface area contributed by atoms with E-state index in [-0.39, 0.29) is 44.8 Å². The third-order valence-electron chi connectivity index (χ3n) is 6.45. The predicted octanol–water partition coefficient (Wildman–Crippen LogP) is 6.69. The fourth-order valence-corrected chi connectivity index (χ4v) is 4.46. The van der Waals surface area contributed by atoms with Crippen molar-refractivity contribution in [1.82, 2.24) is 29.9 Å². The summed E-state index contributed by atoms with van der Waals surface area (Å²) in [6, 6.07) is 27.2. The monoisotopic (exact) mass is 950 g/mol. The van der Waals surface area contributed by atoms with Crippen LogP contribution in [0.3, 0.4) is 0 Å². The molecule has 4 heterocycles. The first-order valence-corrected chi connectivity index (χ1v) is 13.1. The Bertz CT molecular complexity index is 2210. The summed E-state index contributed by atoms with van der Waals surface area (Å²) in [5.74, 6) is 6.04. The third-order valence-corrected chi connectivity index (χ3v) is 6.45. The van der Waals surface area contributed by atoms with Gasteiger partial charge in [0.2, 0.25) is 0 Å². The van der Waals surface area contributed by atoms with Gasteiger partial charge in [-0.25, -0.2) is 29.9 Å². The van der Waals surface area contributed by atoms with E-state index in [1.165, 1.54) is 25.3 Å². The van der Waals surface area contributed by atoms with Crippen LogP contribution in [0, 0.1) is 24.7 Å². The van der Waals surface area contributed by atoms with E-state index in [0.29, 0.717) is 18.1 Å². The summed E-state index contributed by atoms with van der Waals surface area (Å²) in [4.78, 5) is 23.2. The van der Waals surface area contributed by atoms with Crippen molar-refractivity contribution < 1.29 is 53.6 Å². The van der Waals surface area contributed by atoms with E-state index in [1.807, 2.05) is 84.9 Å². The molecule has 0 spiro atoms. The Morgan fingerprint density at radius 2 is 0.933 bits per heavy atom. The summed E-state index contributed by atoms with van der Waals surface area (Å²) in [6.45, 7) is 0. The van der Waals surface area contributed by atoms with Crippen molar-refractivity contribution >= 4 is 43.9 Å². The molecule has 0 aliphatic carbocycles. The van der Waals surface area contributed by atoms with Crippen LogP contribution in [0.4, 0.5) is 0 Å². The van der Waals surface area contributed by atoms with E-state index in [2.05, 4.69) is 41.7 Å². The number of fused-ring (bicyclic) bond motifs is 6. The summed E-state index contributed by atoms with van der Waals surface area (Å²) in [5, 5.41) is 4.33. The first kappa shape index (κ1) is 33.0. The van der Waals surface area contributed by atoms with Crippen LogP contribution < -0.4 is 0 Å². The number of furan rings is 2. The molecule has 0 unspecified atom stereocenters. The smallest absolute Gasteiger partial charge is 0.458 e. The second-order valence-electron chi connectivity index (χ2n) is 9.15. The Morgan fingerprint density at radius 3 is 1.51 bits per heavy atom. The van der Waals surface area contributed by atoms with E-state index in [0.717, 1.165) is 55.0 Å². The molecular weight excluding hydrogens is 930 g/mol. The fourth-order valence-electron chi connectivity index (χ4n) is 4.46. The van der Waals surface area contributed by atoms with Gasteiger partial charge in [-0.1, -0.05) is 48.5 Å². The van der Waals surface area contributed by atoms with E-state index in [9.17, 15) is 0 Å². The number of hydrogen-bond acceptors (Lipinski definition) is 8. The normalized spacial score (nSPS) is 9.91. The largest absolute Gasteiger partial charge is 1.00 e. The first-order chi connectivity index (χ1) is 21.2. The van der Waals surface area contributed by atoms with E-state index in [1.54, 1.807) is 0 Å². The molecule has 0 fully saturated rings. The standard InChI is InChI=1S/2C14H7O.C7H6N6.2Au/c1-2-10-7-8-14-12(9-10)11-5-3-4-6-13(11)15-14;1-2-10-7-8-12-11-5-3-4-6-13(11)15-14(12)9-10;1(6-10-2-8-3-11-6)7-12-4-9-5-13-7;;/h2*3-9H;2-5H,1H2;;/q2*-1;;2*+1. The average molecular weight is 951 g/mol. The zero-order chi connectivity index (χ0) is 29.4. The predicted molar refractivity (Wildman–Crippen MR) is 162 cm³/mol. The molecule has 0 atom stereocenters. The van der Waals surface area contributed by atoms with Crippen molar-refractivity contribution in [2.24, 2.45) is 0 Å². The molecule has 8 nitrogen and oxygen atoms in total. The maximum absolute atomic E-state index is 7.10. The van der Waals surface area contributed by atoms with Gasteiger partial charge in [-0.05, 0) is 18.2 Å². The molecular formula is C35H20Au2N6O2. The minimum Gasteiger partial charge on any atom is -0.458 e. The van der Waals surface area contributed by atoms with Crippen molar-refractivity contribution in [1.29, 1.82) is 0 Å². The number of nitrogens with zero attached hydrogens (tertiary/aromatic N) is 6. The van der Waals surface area contributed by atoms with Crippen molar-refractivity contribution in [2.45, 2.75) is 6.42 Å². The van der Waals surface area contributed by atoms with Gasteiger partial charge in [0, 0.05) is 21.5 Å². The van der Waals surface area contributed by atoms with Gasteiger partial charge in [0.15, 0.2) is 0 Å². The molecule has 0 bridgehead atoms. The van der Waals surface area contributed by atoms with Gasteiger partial charge >= 0.3 is 44.8 Å². The van der Waals surface area contributed by atoms with Crippen molar-refractivity contribution in [3.05, 3.63) is 146 Å². The van der Waals surface area contributed by atoms with Crippen LogP contribution in [0.1, 0.15) is 22.8 Å². The van der Waals surface area contributed by atoms with Gasteiger partial charge in [-0.15, -0.1) is 29.3 Å². The molecule has 4 aromatic heterocycles. The van der Waals surface area contributed by atoms with Gasteiger partial charge < -0.3 is 21.7 Å². The molecule has 4 aromatic carbocycles. The number of aromatic nitrogens is 6. The molecule has 0 amide bonds. The molecule has 8 rings (SSSR count). The first-order valence-electron chi connectivity index (χ1n) is 13.1. The molecule has 10 heteroatoms. The zero-order valence-electron chi connectivity index (χ0n) is 23.2. The Hall–Kier alpha value is -4.90. The molecule has 224 valence electrons. The minimum absolute atomic E-state index is 0. The molecule has 0 aliphatic rings. The summed E-state index contributed by atoms with van der Waals surface area (Å²) >= 11 is 0. The average Bonchev–Trinajstić information content (AvgIpc) is 3.63. The van der Waals surface area contributed by atoms with E-state index >= 15 is 0 Å². The zero-order valence-corrected chi connectivity index (χ0v) is 27.5. The topological polar surface area (TPSA) is 104 Å². The molecule has 45 heavy (non-hydrogen) atoms. The Morgan fingerprint density at radius 1 is 0.489 bits per heavy atom. The van der Waals surface area contributed by atoms with Crippen molar-refractivity contribution in [2.75, 3.05) is 0 Å². The summed E-state index contributed by atoms with van der Waals surface area (Å²) in [5.41, 5.74) is 4.95. The molecule has 0 radical (unpaired) electrons. The van der Waals surface area contributed by atoms with Crippen LogP contribution >= 0.6 is 0 Å². The maximum Gasteiger partial charge on any atom is 1.00 e. The van der Waals surface area contributed by atoms with Gasteiger partial charge in [0.1, 0.15) is 59.3 Å². The fraction of sp³-hybridized carbons (Fsp3) is 0.0286. The van der Waals surface area contributed by atoms with Gasteiger partial charge in [-0.2, -0.15) is 0 Å². The molecule has 8 aromatic rings. The van der Waals surface area contributed by atoms with Gasteiger partial charge in [-0.3, -0.25) is 11.8 Å². The van der Waals surface area contributed by atoms with Crippen LogP contribution in [0.2, 0.25) is 0 Å². The summed E-state index contributed by atoms with van der Waals surface area (Å²) in [7, 11) is 0. The van der Waals surface area contributed by atoms with E-state index < -0.39 is 0 Å². The van der Waals surface area contributed by atoms with Crippen LogP contribution in [0.5, 0.6) is 0 Å². The number of benzene rings is 4. The van der Waals surface area contributed by atoms with Gasteiger partial charge in [0.25, 0.3) is 0 Å². The number of para-hydroxylation sites is 2. The van der Waals surface area contributed by atoms with Crippen LogP contribution in [0.15, 0.2) is 119 Å². The Kier molecular flexibility index (Phi) is 11.5. The quantitative estimate of drug-likeness (QED) is 0.107. The second-order valence-corrected chi connectivity index (χ2v) is 9.15. The summed E-state index contributed by atoms with van der Waals surface area (Å²) in [6.07, 6.45) is 20.5. The SMILES string of the molecule is [Au+].[Au+].[C-]#Cc1ccc2c(c1)oc1ccccc12.[C-]#Cc1ccc2oc3ccccc3c2c1.c1ncnc(Cc2ncncn2)n1. The van der Waals surface area contributed by atoms with Gasteiger partial charge in [0.05, 0.1) is 6.42 Å². The Labute approximate surface area is 289 Å². The van der Waals surface area contributed by atoms with E-state index in [4.69, 9.17) is 21.7 Å². The second kappa shape index (κ2) is 15.7. The van der Waals surface area contributed by atoms with Crippen LogP contribution in [-0.2, 0) is 51.2 Å². The van der Waals surface area contributed by atoms with Crippen molar-refractivity contribution in [3.63, 3.8) is 0 Å². The summed E-state index contributed by atoms with van der Waals surface area (Å²) < 4.78 is 11.3. The maximum atomic E-state index is 7.10. The van der Waals surface area contributed by atoms with Crippen LogP contribution in [0.25, 0.3) is 43.9 Å². The number of rotatable bonds is 2. The number of hydrogen-bond donors (Lipinski definition) is 0. The third kappa shape index (κ3) is 7.79. The minimum atomic E-state index is 0. The van der Waals surface area contributed by atoms with Crippen molar-refractivity contribution in [3.8, 4) is 11.8 Å². The molecule has 0 saturated heterocycles.